The number of likely N-dealkylation sites (N-methyl/N-ethyl adjacent to an activating group) is 1. The molecule has 1 aromatic heterocycles. The van der Waals surface area contributed by atoms with Crippen LogP contribution in [-0.2, 0) is 20.0 Å². The van der Waals surface area contributed by atoms with Gasteiger partial charge in [0.15, 0.2) is 0 Å². The van der Waals surface area contributed by atoms with Crippen molar-refractivity contribution in [2.75, 3.05) is 39.4 Å². The molecule has 0 spiro atoms. The molecule has 2 rings (SSSR count). The van der Waals surface area contributed by atoms with Crippen LogP contribution in [0.2, 0.25) is 0 Å². The first-order valence-electron chi connectivity index (χ1n) is 7.49. The molecule has 4 N–H and O–H groups in total. The van der Waals surface area contributed by atoms with Gasteiger partial charge in [-0.25, -0.2) is 22.0 Å². The van der Waals surface area contributed by atoms with Gasteiger partial charge in [0, 0.05) is 37.4 Å². The highest BCUT2D eigenvalue weighted by atomic mass is 32.3. The second-order valence-corrected chi connectivity index (χ2v) is 10.3. The fourth-order valence-electron chi connectivity index (χ4n) is 2.59. The minimum absolute atomic E-state index is 0.0574. The van der Waals surface area contributed by atoms with E-state index >= 15 is 0 Å². The van der Waals surface area contributed by atoms with E-state index in [1.54, 1.807) is 17.9 Å². The van der Waals surface area contributed by atoms with Gasteiger partial charge in [-0.1, -0.05) is 0 Å². The number of hydrogen-bond donors (Lipinski definition) is 3. The molecule has 0 saturated carbocycles. The van der Waals surface area contributed by atoms with Crippen LogP contribution < -0.4 is 5.14 Å². The molecule has 0 amide bonds. The number of aliphatic hydroxyl groups excluding tert-OH is 2. The van der Waals surface area contributed by atoms with Crippen molar-refractivity contribution < 1.29 is 27.0 Å². The Bertz CT molecular complexity index is 854. The van der Waals surface area contributed by atoms with Gasteiger partial charge in [0.25, 0.3) is 10.0 Å². The zero-order valence-corrected chi connectivity index (χ0v) is 16.1. The lowest BCUT2D eigenvalue weighted by atomic mass is 10.2. The maximum atomic E-state index is 12.8. The molecule has 1 aliphatic rings. The molecule has 2 heterocycles. The highest BCUT2D eigenvalue weighted by Crippen LogP contribution is 2.38. The number of nitrogens with zero attached hydrogens (tertiary/aromatic N) is 2. The first kappa shape index (κ1) is 20.3. The fourth-order valence-corrected chi connectivity index (χ4v) is 6.70. The molecule has 25 heavy (non-hydrogen) atoms. The average Bonchev–Trinajstić information content (AvgIpc) is 2.93. The van der Waals surface area contributed by atoms with Crippen LogP contribution in [0, 0.1) is 0 Å². The molecular formula is C13H21N3O6S3. The average molecular weight is 412 g/mol. The Kier molecular flexibility index (Phi) is 6.25. The summed E-state index contributed by atoms with van der Waals surface area (Å²) < 4.78 is 49.7. The van der Waals surface area contributed by atoms with E-state index < -0.39 is 20.0 Å². The van der Waals surface area contributed by atoms with E-state index in [2.05, 4.69) is 0 Å². The number of thiophene rings is 1. The predicted molar refractivity (Wildman–Crippen MR) is 93.8 cm³/mol. The molecule has 0 aromatic carbocycles. The first-order chi connectivity index (χ1) is 11.6. The van der Waals surface area contributed by atoms with Crippen molar-refractivity contribution in [2.45, 2.75) is 15.3 Å². The normalized spacial score (nSPS) is 16.8. The number of aliphatic hydroxyl groups is 2. The maximum absolute atomic E-state index is 12.8. The molecule has 0 aliphatic carbocycles. The van der Waals surface area contributed by atoms with E-state index in [-0.39, 0.29) is 53.4 Å². The Morgan fingerprint density at radius 1 is 1.28 bits per heavy atom. The molecule has 0 atom stereocenters. The largest absolute Gasteiger partial charge is 0.395 e. The van der Waals surface area contributed by atoms with Crippen molar-refractivity contribution in [2.24, 2.45) is 5.14 Å². The van der Waals surface area contributed by atoms with Gasteiger partial charge in [-0.05, 0) is 19.1 Å². The van der Waals surface area contributed by atoms with Crippen molar-refractivity contribution in [3.05, 3.63) is 17.3 Å². The number of sulfonamides is 2. The number of hydrogen-bond acceptors (Lipinski definition) is 8. The van der Waals surface area contributed by atoms with Gasteiger partial charge in [0.2, 0.25) is 10.0 Å². The molecule has 0 radical (unpaired) electrons. The highest BCUT2D eigenvalue weighted by molar-refractivity contribution is 7.94. The summed E-state index contributed by atoms with van der Waals surface area (Å²) in [5.41, 5.74) is 0.720. The van der Waals surface area contributed by atoms with Gasteiger partial charge in [-0.2, -0.15) is 0 Å². The summed E-state index contributed by atoms with van der Waals surface area (Å²) in [6, 6.07) is 1.25. The van der Waals surface area contributed by atoms with Crippen LogP contribution in [0.1, 0.15) is 12.5 Å². The van der Waals surface area contributed by atoms with E-state index in [0.717, 1.165) is 0 Å². The minimum atomic E-state index is -4.00. The van der Waals surface area contributed by atoms with Gasteiger partial charge in [-0.15, -0.1) is 11.3 Å². The SMILES string of the molecule is CCN1C(CN(CCO)CCO)=Cc2cc(S(N)(=O)=O)sc2S1(=O)=O. The van der Waals surface area contributed by atoms with Gasteiger partial charge in [0.05, 0.1) is 13.2 Å². The van der Waals surface area contributed by atoms with Crippen molar-refractivity contribution in [1.29, 1.82) is 0 Å². The van der Waals surface area contributed by atoms with E-state index in [1.807, 2.05) is 0 Å². The monoisotopic (exact) mass is 411 g/mol. The zero-order chi connectivity index (χ0) is 18.8. The van der Waals surface area contributed by atoms with Crippen LogP contribution in [0.15, 0.2) is 20.2 Å². The summed E-state index contributed by atoms with van der Waals surface area (Å²) in [7, 11) is -7.88. The molecule has 12 heteroatoms. The summed E-state index contributed by atoms with van der Waals surface area (Å²) in [6.45, 7) is 2.31. The third-order valence-electron chi connectivity index (χ3n) is 3.65. The number of fused-ring (bicyclic) bond motifs is 1. The van der Waals surface area contributed by atoms with Crippen molar-refractivity contribution in [3.8, 4) is 0 Å². The summed E-state index contributed by atoms with van der Waals surface area (Å²) in [6.07, 6.45) is 1.60. The van der Waals surface area contributed by atoms with Gasteiger partial charge < -0.3 is 10.2 Å². The van der Waals surface area contributed by atoms with E-state index in [1.165, 1.54) is 10.4 Å². The lowest BCUT2D eigenvalue weighted by molar-refractivity contribution is 0.165. The molecule has 0 fully saturated rings. The van der Waals surface area contributed by atoms with Crippen molar-refractivity contribution in [1.82, 2.24) is 9.21 Å². The van der Waals surface area contributed by atoms with E-state index in [4.69, 9.17) is 15.4 Å². The Balaban J connectivity index is 2.50. The lowest BCUT2D eigenvalue weighted by Crippen LogP contribution is -2.40. The smallest absolute Gasteiger partial charge is 0.274 e. The highest BCUT2D eigenvalue weighted by Gasteiger charge is 2.35. The summed E-state index contributed by atoms with van der Waals surface area (Å²) in [5, 5.41) is 23.3. The molecule has 0 bridgehead atoms. The van der Waals surface area contributed by atoms with Crippen molar-refractivity contribution in [3.63, 3.8) is 0 Å². The molecule has 0 saturated heterocycles. The van der Waals surface area contributed by atoms with Gasteiger partial charge in [-0.3, -0.25) is 9.21 Å². The molecule has 1 aliphatic heterocycles. The topological polar surface area (TPSA) is 141 Å². The summed E-state index contributed by atoms with van der Waals surface area (Å²) >= 11 is 0.629. The predicted octanol–water partition coefficient (Wildman–Crippen LogP) is -0.953. The Hall–Kier alpha value is -1.02. The first-order valence-corrected chi connectivity index (χ1v) is 11.3. The van der Waals surface area contributed by atoms with Crippen LogP contribution in [0.5, 0.6) is 0 Å². The molecule has 142 valence electrons. The van der Waals surface area contributed by atoms with E-state index in [0.29, 0.717) is 17.0 Å². The van der Waals surface area contributed by atoms with Crippen molar-refractivity contribution >= 4 is 37.5 Å². The quantitative estimate of drug-likeness (QED) is 0.500. The zero-order valence-electron chi connectivity index (χ0n) is 13.6. The second-order valence-electron chi connectivity index (χ2n) is 5.38. The molecule has 1 aromatic rings. The number of nitrogens with two attached hydrogens (primary N) is 1. The van der Waals surface area contributed by atoms with Crippen LogP contribution in [0.25, 0.3) is 6.08 Å². The van der Waals surface area contributed by atoms with Gasteiger partial charge >= 0.3 is 0 Å². The number of primary sulfonamides is 1. The molecular weight excluding hydrogens is 390 g/mol. The third kappa shape index (κ3) is 4.22. The standard InChI is InChI=1S/C13H21N3O6S3/c1-2-16-11(9-15(3-5-17)4-6-18)7-10-8-12(24(14,19)20)23-13(10)25(16,21)22/h7-8,17-18H,2-6,9H2,1H3,(H2,14,19,20). The molecule has 9 nitrogen and oxygen atoms in total. The van der Waals surface area contributed by atoms with Crippen LogP contribution in [0.3, 0.4) is 0 Å². The fraction of sp³-hybridized carbons (Fsp3) is 0.538. The third-order valence-corrected chi connectivity index (χ3v) is 8.68. The Morgan fingerprint density at radius 2 is 1.88 bits per heavy atom. The maximum Gasteiger partial charge on any atom is 0.274 e. The summed E-state index contributed by atoms with van der Waals surface area (Å²) in [5.74, 6) is 0. The molecule has 0 unspecified atom stereocenters. The summed E-state index contributed by atoms with van der Waals surface area (Å²) in [4.78, 5) is 1.71. The lowest BCUT2D eigenvalue weighted by Gasteiger charge is -2.32. The Labute approximate surface area is 151 Å². The van der Waals surface area contributed by atoms with Crippen LogP contribution >= 0.6 is 11.3 Å². The number of rotatable bonds is 8. The van der Waals surface area contributed by atoms with Crippen LogP contribution in [0.4, 0.5) is 0 Å². The van der Waals surface area contributed by atoms with E-state index in [9.17, 15) is 16.8 Å². The Morgan fingerprint density at radius 3 is 2.36 bits per heavy atom. The second kappa shape index (κ2) is 7.70. The van der Waals surface area contributed by atoms with Gasteiger partial charge in [0.1, 0.15) is 8.42 Å². The minimum Gasteiger partial charge on any atom is -0.395 e. The van der Waals surface area contributed by atoms with Crippen LogP contribution in [-0.4, -0.2) is 75.6 Å².